The molecule has 6 nitrogen and oxygen atoms in total. The van der Waals surface area contributed by atoms with Gasteiger partial charge in [0.2, 0.25) is 0 Å². The zero-order valence-electron chi connectivity index (χ0n) is 16.1. The molecule has 1 amide bonds. The fraction of sp³-hybridized carbons (Fsp3) is 0.273. The quantitative estimate of drug-likeness (QED) is 0.494. The Morgan fingerprint density at radius 1 is 1.41 bits per heavy atom. The summed E-state index contributed by atoms with van der Waals surface area (Å²) >= 11 is 0. The van der Waals surface area contributed by atoms with Crippen LogP contribution in [0.2, 0.25) is 0 Å². The Hall–Kier alpha value is -3.19. The van der Waals surface area contributed by atoms with Gasteiger partial charge < -0.3 is 14.5 Å². The first-order valence-corrected chi connectivity index (χ1v) is 9.50. The molecule has 0 radical (unpaired) electrons. The number of hydrogen-bond donors (Lipinski definition) is 2. The Balaban J connectivity index is 1.40. The molecule has 7 heteroatoms. The van der Waals surface area contributed by atoms with Crippen LogP contribution in [0.4, 0.5) is 4.39 Å². The van der Waals surface area contributed by atoms with Gasteiger partial charge in [-0.2, -0.15) is 5.10 Å². The lowest BCUT2D eigenvalue weighted by Crippen LogP contribution is -2.25. The third-order valence-electron chi connectivity index (χ3n) is 5.01. The summed E-state index contributed by atoms with van der Waals surface area (Å²) in [4.78, 5) is 15.3. The second-order valence-corrected chi connectivity index (χ2v) is 7.07. The van der Waals surface area contributed by atoms with Crippen molar-refractivity contribution in [2.24, 2.45) is 5.10 Å². The Labute approximate surface area is 167 Å². The van der Waals surface area contributed by atoms with E-state index in [0.717, 1.165) is 28.5 Å². The van der Waals surface area contributed by atoms with Crippen LogP contribution in [0, 0.1) is 12.7 Å². The van der Waals surface area contributed by atoms with E-state index in [1.807, 2.05) is 30.5 Å². The minimum atomic E-state index is -0.389. The maximum absolute atomic E-state index is 13.9. The molecule has 29 heavy (non-hydrogen) atoms. The average molecular weight is 395 g/mol. The number of hydrazone groups is 1. The molecule has 3 aromatic rings. The third-order valence-corrected chi connectivity index (χ3v) is 5.01. The first kappa shape index (κ1) is 19.1. The minimum absolute atomic E-state index is 0.0716. The lowest BCUT2D eigenvalue weighted by Gasteiger charge is -2.17. The fourth-order valence-electron chi connectivity index (χ4n) is 3.60. The molecule has 0 saturated carbocycles. The van der Waals surface area contributed by atoms with Crippen LogP contribution < -0.4 is 10.2 Å². The summed E-state index contributed by atoms with van der Waals surface area (Å²) in [6.45, 7) is 2.73. The van der Waals surface area contributed by atoms with E-state index in [1.165, 1.54) is 12.1 Å². The number of fused-ring (bicyclic) bond motifs is 1. The monoisotopic (exact) mass is 395 g/mol. The van der Waals surface area contributed by atoms with Crippen LogP contribution in [0.1, 0.15) is 29.0 Å². The molecule has 2 heterocycles. The lowest BCUT2D eigenvalue weighted by molar-refractivity contribution is -0.123. The number of aromatic nitrogens is 1. The van der Waals surface area contributed by atoms with Gasteiger partial charge in [-0.15, -0.1) is 0 Å². The second kappa shape index (κ2) is 8.45. The average Bonchev–Trinajstić information content (AvgIpc) is 3.39. The Bertz CT molecular complexity index is 1050. The normalized spacial score (nSPS) is 16.6. The van der Waals surface area contributed by atoms with E-state index in [-0.39, 0.29) is 24.2 Å². The van der Waals surface area contributed by atoms with Crippen molar-refractivity contribution in [3.63, 3.8) is 0 Å². The maximum atomic E-state index is 13.9. The van der Waals surface area contributed by atoms with Crippen LogP contribution in [0.5, 0.6) is 5.75 Å². The number of H-pyrrole nitrogens is 1. The summed E-state index contributed by atoms with van der Waals surface area (Å²) in [7, 11) is 0. The van der Waals surface area contributed by atoms with Gasteiger partial charge in [0.25, 0.3) is 5.91 Å². The lowest BCUT2D eigenvalue weighted by atomic mass is 9.95. The number of hydrogen-bond acceptors (Lipinski definition) is 4. The van der Waals surface area contributed by atoms with Crippen molar-refractivity contribution < 1.29 is 18.7 Å². The topological polar surface area (TPSA) is 75.7 Å². The standard InChI is InChI=1S/C22H22FN3O3/c1-14-9-17(23)10-19(16-6-8-28-12-16)22(14)29-13-21(27)26-25-11-15-3-2-4-20-18(15)5-7-24-20/h2-5,7,9-11,16,24H,6,8,12-13H2,1H3,(H,26,27). The Morgan fingerprint density at radius 2 is 2.31 bits per heavy atom. The molecule has 0 bridgehead atoms. The van der Waals surface area contributed by atoms with Gasteiger partial charge in [0.15, 0.2) is 6.61 Å². The first-order valence-electron chi connectivity index (χ1n) is 9.50. The van der Waals surface area contributed by atoms with E-state index in [2.05, 4.69) is 15.5 Å². The summed E-state index contributed by atoms with van der Waals surface area (Å²) in [5.74, 6) is -0.0926. The Morgan fingerprint density at radius 3 is 3.14 bits per heavy atom. The highest BCUT2D eigenvalue weighted by Crippen LogP contribution is 2.35. The van der Waals surface area contributed by atoms with Gasteiger partial charge in [0.05, 0.1) is 12.8 Å². The van der Waals surface area contributed by atoms with Crippen LogP contribution >= 0.6 is 0 Å². The van der Waals surface area contributed by atoms with E-state index >= 15 is 0 Å². The molecule has 1 aromatic heterocycles. The van der Waals surface area contributed by atoms with Crippen LogP contribution in [-0.2, 0) is 9.53 Å². The zero-order chi connectivity index (χ0) is 20.2. The molecule has 4 rings (SSSR count). The van der Waals surface area contributed by atoms with Crippen LogP contribution in [0.25, 0.3) is 10.9 Å². The molecule has 1 aliphatic rings. The first-order chi connectivity index (χ1) is 14.1. The van der Waals surface area contributed by atoms with Crippen LogP contribution in [0.15, 0.2) is 47.7 Å². The molecule has 0 aliphatic carbocycles. The van der Waals surface area contributed by atoms with Crippen LogP contribution in [0.3, 0.4) is 0 Å². The van der Waals surface area contributed by atoms with Crippen molar-refractivity contribution in [1.29, 1.82) is 0 Å². The number of ether oxygens (including phenoxy) is 2. The smallest absolute Gasteiger partial charge is 0.277 e. The second-order valence-electron chi connectivity index (χ2n) is 7.07. The number of carbonyl (C=O) groups is 1. The minimum Gasteiger partial charge on any atom is -0.483 e. The van der Waals surface area contributed by atoms with Crippen LogP contribution in [-0.4, -0.2) is 36.9 Å². The van der Waals surface area contributed by atoms with E-state index in [4.69, 9.17) is 9.47 Å². The predicted molar refractivity (Wildman–Crippen MR) is 109 cm³/mol. The van der Waals surface area contributed by atoms with Gasteiger partial charge in [0, 0.05) is 40.8 Å². The van der Waals surface area contributed by atoms with Gasteiger partial charge in [-0.25, -0.2) is 9.82 Å². The Kier molecular flexibility index (Phi) is 5.57. The number of halogens is 1. The molecule has 1 atom stereocenters. The predicted octanol–water partition coefficient (Wildman–Crippen LogP) is 3.65. The zero-order valence-corrected chi connectivity index (χ0v) is 16.1. The van der Waals surface area contributed by atoms with E-state index in [9.17, 15) is 9.18 Å². The highest BCUT2D eigenvalue weighted by molar-refractivity contribution is 5.98. The van der Waals surface area contributed by atoms with Gasteiger partial charge in [-0.1, -0.05) is 12.1 Å². The summed E-state index contributed by atoms with van der Waals surface area (Å²) in [5, 5.41) is 5.04. The summed E-state index contributed by atoms with van der Waals surface area (Å²) < 4.78 is 25.0. The fourth-order valence-corrected chi connectivity index (χ4v) is 3.60. The van der Waals surface area contributed by atoms with Crippen molar-refractivity contribution in [2.45, 2.75) is 19.3 Å². The molecular weight excluding hydrogens is 373 g/mol. The third kappa shape index (κ3) is 4.30. The van der Waals surface area contributed by atoms with E-state index in [0.29, 0.717) is 24.5 Å². The molecular formula is C22H22FN3O3. The van der Waals surface area contributed by atoms with Crippen molar-refractivity contribution in [3.8, 4) is 5.75 Å². The highest BCUT2D eigenvalue weighted by Gasteiger charge is 2.24. The van der Waals surface area contributed by atoms with Crippen molar-refractivity contribution in [2.75, 3.05) is 19.8 Å². The summed E-state index contributed by atoms with van der Waals surface area (Å²) in [6, 6.07) is 10.6. The van der Waals surface area contributed by atoms with Gasteiger partial charge in [-0.3, -0.25) is 4.79 Å². The van der Waals surface area contributed by atoms with Crippen molar-refractivity contribution in [3.05, 3.63) is 65.1 Å². The van der Waals surface area contributed by atoms with E-state index in [1.54, 1.807) is 13.1 Å². The van der Waals surface area contributed by atoms with E-state index < -0.39 is 0 Å². The molecule has 1 saturated heterocycles. The summed E-state index contributed by atoms with van der Waals surface area (Å²) in [5.41, 5.74) is 5.77. The number of rotatable bonds is 6. The summed E-state index contributed by atoms with van der Waals surface area (Å²) in [6.07, 6.45) is 4.26. The van der Waals surface area contributed by atoms with Gasteiger partial charge >= 0.3 is 0 Å². The molecule has 2 N–H and O–H groups in total. The molecule has 1 fully saturated rings. The molecule has 1 unspecified atom stereocenters. The maximum Gasteiger partial charge on any atom is 0.277 e. The SMILES string of the molecule is Cc1cc(F)cc(C2CCOC2)c1OCC(=O)NN=Cc1cccc2[nH]ccc12. The number of benzene rings is 2. The molecule has 0 spiro atoms. The number of aryl methyl sites for hydroxylation is 1. The van der Waals surface area contributed by atoms with Crippen molar-refractivity contribution in [1.82, 2.24) is 10.4 Å². The van der Waals surface area contributed by atoms with Gasteiger partial charge in [-0.05, 0) is 43.2 Å². The number of nitrogens with one attached hydrogen (secondary N) is 2. The number of aromatic amines is 1. The largest absolute Gasteiger partial charge is 0.483 e. The van der Waals surface area contributed by atoms with Gasteiger partial charge in [0.1, 0.15) is 11.6 Å². The number of carbonyl (C=O) groups excluding carboxylic acids is 1. The van der Waals surface area contributed by atoms with Crippen molar-refractivity contribution >= 4 is 23.0 Å². The molecule has 150 valence electrons. The highest BCUT2D eigenvalue weighted by atomic mass is 19.1. The number of nitrogens with zero attached hydrogens (tertiary/aromatic N) is 1. The molecule has 2 aromatic carbocycles. The molecule has 1 aliphatic heterocycles. The number of amides is 1.